The summed E-state index contributed by atoms with van der Waals surface area (Å²) in [5.41, 5.74) is 0. The summed E-state index contributed by atoms with van der Waals surface area (Å²) >= 11 is 0. The Morgan fingerprint density at radius 3 is 2.60 bits per heavy atom. The molecule has 1 aliphatic heterocycles. The van der Waals surface area contributed by atoms with Crippen LogP contribution in [0.25, 0.3) is 0 Å². The fourth-order valence-corrected chi connectivity index (χ4v) is 2.74. The minimum Gasteiger partial charge on any atom is -0.313 e. The molecule has 6 heteroatoms. The van der Waals surface area contributed by atoms with Crippen molar-refractivity contribution in [2.24, 2.45) is 11.1 Å². The predicted molar refractivity (Wildman–Crippen MR) is 60.5 cm³/mol. The van der Waals surface area contributed by atoms with Gasteiger partial charge in [0.25, 0.3) is 10.2 Å². The van der Waals surface area contributed by atoms with Gasteiger partial charge in [0.1, 0.15) is 0 Å². The Morgan fingerprint density at radius 2 is 2.20 bits per heavy atom. The zero-order valence-electron chi connectivity index (χ0n) is 9.44. The third-order valence-electron chi connectivity index (χ3n) is 2.52. The quantitative estimate of drug-likeness (QED) is 0.698. The summed E-state index contributed by atoms with van der Waals surface area (Å²) in [5, 5.41) is 8.45. The highest BCUT2D eigenvalue weighted by molar-refractivity contribution is 7.86. The fourth-order valence-electron chi connectivity index (χ4n) is 1.85. The van der Waals surface area contributed by atoms with Gasteiger partial charge in [0.15, 0.2) is 0 Å². The van der Waals surface area contributed by atoms with Crippen LogP contribution in [0.5, 0.6) is 0 Å². The number of nitrogens with one attached hydrogen (secondary N) is 1. The summed E-state index contributed by atoms with van der Waals surface area (Å²) in [6.45, 7) is 5.94. The Balaban J connectivity index is 2.56. The fraction of sp³-hybridized carbons (Fsp3) is 1.00. The molecule has 0 aliphatic carbocycles. The number of hydrogen-bond donors (Lipinski definition) is 2. The van der Waals surface area contributed by atoms with Crippen molar-refractivity contribution in [2.45, 2.75) is 32.7 Å². The molecule has 1 saturated heterocycles. The molecule has 0 aromatic carbocycles. The van der Waals surface area contributed by atoms with E-state index >= 15 is 0 Å². The lowest BCUT2D eigenvalue weighted by molar-refractivity contribution is 0.337. The molecule has 3 N–H and O–H groups in total. The van der Waals surface area contributed by atoms with Gasteiger partial charge in [-0.3, -0.25) is 0 Å². The van der Waals surface area contributed by atoms with Crippen molar-refractivity contribution in [3.8, 4) is 0 Å². The Hall–Kier alpha value is -0.170. The van der Waals surface area contributed by atoms with Gasteiger partial charge in [-0.05, 0) is 25.3 Å². The van der Waals surface area contributed by atoms with Crippen molar-refractivity contribution in [3.63, 3.8) is 0 Å². The van der Waals surface area contributed by atoms with E-state index in [2.05, 4.69) is 5.32 Å². The lowest BCUT2D eigenvalue weighted by atomic mass is 10.2. The van der Waals surface area contributed by atoms with Gasteiger partial charge in [-0.2, -0.15) is 12.7 Å². The van der Waals surface area contributed by atoms with Crippen LogP contribution >= 0.6 is 0 Å². The van der Waals surface area contributed by atoms with Crippen LogP contribution in [0.3, 0.4) is 0 Å². The second-order valence-corrected chi connectivity index (χ2v) is 6.10. The monoisotopic (exact) mass is 235 g/mol. The highest BCUT2D eigenvalue weighted by Crippen LogP contribution is 2.10. The molecule has 1 heterocycles. The topological polar surface area (TPSA) is 75.4 Å². The molecule has 90 valence electrons. The van der Waals surface area contributed by atoms with Crippen LogP contribution < -0.4 is 10.5 Å². The maximum Gasteiger partial charge on any atom is 0.276 e. The van der Waals surface area contributed by atoms with Crippen LogP contribution in [-0.4, -0.2) is 38.4 Å². The van der Waals surface area contributed by atoms with E-state index in [1.54, 1.807) is 0 Å². The van der Waals surface area contributed by atoms with Crippen LogP contribution in [-0.2, 0) is 10.2 Å². The standard InChI is InChI=1S/C9H21N3O2S/c1-8(2)6-12(15(10,13)14)7-9-4-3-5-11-9/h8-9,11H,3-7H2,1-2H3,(H2,10,13,14). The molecule has 0 aromatic heterocycles. The van der Waals surface area contributed by atoms with Crippen LogP contribution in [0.4, 0.5) is 0 Å². The minimum atomic E-state index is -3.55. The van der Waals surface area contributed by atoms with Gasteiger partial charge < -0.3 is 5.32 Å². The van der Waals surface area contributed by atoms with Gasteiger partial charge in [0.05, 0.1) is 0 Å². The Morgan fingerprint density at radius 1 is 1.53 bits per heavy atom. The molecule has 0 bridgehead atoms. The average molecular weight is 235 g/mol. The molecule has 0 spiro atoms. The number of nitrogens with two attached hydrogens (primary N) is 1. The van der Waals surface area contributed by atoms with Gasteiger partial charge in [-0.25, -0.2) is 5.14 Å². The average Bonchev–Trinajstić information content (AvgIpc) is 2.53. The van der Waals surface area contributed by atoms with E-state index in [-0.39, 0.29) is 6.04 Å². The van der Waals surface area contributed by atoms with E-state index < -0.39 is 10.2 Å². The van der Waals surface area contributed by atoms with Crippen LogP contribution in [0.2, 0.25) is 0 Å². The predicted octanol–water partition coefficient (Wildman–Crippen LogP) is -0.100. The SMILES string of the molecule is CC(C)CN(CC1CCCN1)S(N)(=O)=O. The van der Waals surface area contributed by atoms with E-state index in [1.807, 2.05) is 13.8 Å². The first-order valence-corrected chi connectivity index (χ1v) is 6.91. The van der Waals surface area contributed by atoms with E-state index in [1.165, 1.54) is 4.31 Å². The molecule has 0 saturated carbocycles. The van der Waals surface area contributed by atoms with Gasteiger partial charge >= 0.3 is 0 Å². The maximum absolute atomic E-state index is 11.3. The molecule has 1 aliphatic rings. The van der Waals surface area contributed by atoms with E-state index in [4.69, 9.17) is 5.14 Å². The molecule has 0 aromatic rings. The molecule has 1 fully saturated rings. The highest BCUT2D eigenvalue weighted by atomic mass is 32.2. The van der Waals surface area contributed by atoms with E-state index in [0.717, 1.165) is 19.4 Å². The molecule has 1 unspecified atom stereocenters. The Labute approximate surface area is 92.2 Å². The van der Waals surface area contributed by atoms with Gasteiger partial charge in [0.2, 0.25) is 0 Å². The summed E-state index contributed by atoms with van der Waals surface area (Å²) in [4.78, 5) is 0. The Kier molecular flexibility index (Phi) is 4.51. The van der Waals surface area contributed by atoms with Crippen molar-refractivity contribution >= 4 is 10.2 Å². The zero-order chi connectivity index (χ0) is 11.5. The van der Waals surface area contributed by atoms with Crippen molar-refractivity contribution in [1.82, 2.24) is 9.62 Å². The molecular formula is C9H21N3O2S. The molecule has 15 heavy (non-hydrogen) atoms. The zero-order valence-corrected chi connectivity index (χ0v) is 10.3. The van der Waals surface area contributed by atoms with Crippen molar-refractivity contribution < 1.29 is 8.42 Å². The summed E-state index contributed by atoms with van der Waals surface area (Å²) in [6.07, 6.45) is 2.15. The second-order valence-electron chi connectivity index (χ2n) is 4.55. The van der Waals surface area contributed by atoms with Gasteiger partial charge in [-0.1, -0.05) is 13.8 Å². The molecule has 1 atom stereocenters. The second kappa shape index (κ2) is 5.25. The first-order chi connectivity index (χ1) is 6.89. The highest BCUT2D eigenvalue weighted by Gasteiger charge is 2.24. The third-order valence-corrected chi connectivity index (χ3v) is 3.53. The van der Waals surface area contributed by atoms with Crippen molar-refractivity contribution in [2.75, 3.05) is 19.6 Å². The van der Waals surface area contributed by atoms with E-state index in [9.17, 15) is 8.42 Å². The Bertz CT molecular complexity index is 284. The first kappa shape index (κ1) is 12.9. The molecule has 0 radical (unpaired) electrons. The van der Waals surface area contributed by atoms with E-state index in [0.29, 0.717) is 19.0 Å². The number of hydrogen-bond acceptors (Lipinski definition) is 3. The smallest absolute Gasteiger partial charge is 0.276 e. The van der Waals surface area contributed by atoms with Gasteiger partial charge in [-0.15, -0.1) is 0 Å². The van der Waals surface area contributed by atoms with Crippen LogP contribution in [0.1, 0.15) is 26.7 Å². The lowest BCUT2D eigenvalue weighted by Gasteiger charge is -2.24. The molecule has 0 amide bonds. The lowest BCUT2D eigenvalue weighted by Crippen LogP contribution is -2.45. The summed E-state index contributed by atoms with van der Waals surface area (Å²) in [6, 6.07) is 0.266. The summed E-state index contributed by atoms with van der Waals surface area (Å²) in [7, 11) is -3.55. The molecular weight excluding hydrogens is 214 g/mol. The number of nitrogens with zero attached hydrogens (tertiary/aromatic N) is 1. The summed E-state index contributed by atoms with van der Waals surface area (Å²) in [5.74, 6) is 0.296. The number of rotatable bonds is 5. The minimum absolute atomic E-state index is 0.266. The third kappa shape index (κ3) is 4.46. The van der Waals surface area contributed by atoms with Gasteiger partial charge in [0, 0.05) is 19.1 Å². The molecule has 5 nitrogen and oxygen atoms in total. The summed E-state index contributed by atoms with van der Waals surface area (Å²) < 4.78 is 24.0. The largest absolute Gasteiger partial charge is 0.313 e. The molecule has 1 rings (SSSR count). The van der Waals surface area contributed by atoms with Crippen molar-refractivity contribution in [3.05, 3.63) is 0 Å². The maximum atomic E-state index is 11.3. The van der Waals surface area contributed by atoms with Crippen LogP contribution in [0.15, 0.2) is 0 Å². The normalized spacial score (nSPS) is 22.9. The van der Waals surface area contributed by atoms with Crippen LogP contribution in [0, 0.1) is 5.92 Å². The first-order valence-electron chi connectivity index (χ1n) is 5.41. The van der Waals surface area contributed by atoms with Crippen molar-refractivity contribution in [1.29, 1.82) is 0 Å².